The van der Waals surface area contributed by atoms with Crippen LogP contribution in [0.1, 0.15) is 25.7 Å². The summed E-state index contributed by atoms with van der Waals surface area (Å²) in [5.74, 6) is -1.07. The molecule has 6 nitrogen and oxygen atoms in total. The van der Waals surface area contributed by atoms with Gasteiger partial charge in [0.15, 0.2) is 0 Å². The lowest BCUT2D eigenvalue weighted by Gasteiger charge is -2.27. The van der Waals surface area contributed by atoms with Crippen LogP contribution in [-0.2, 0) is 4.79 Å². The number of carbonyl (C=O) groups excluding carboxylic acids is 1. The molecule has 1 fully saturated rings. The van der Waals surface area contributed by atoms with Crippen LogP contribution in [0.2, 0.25) is 0 Å². The summed E-state index contributed by atoms with van der Waals surface area (Å²) in [6.45, 7) is 1.38. The highest BCUT2D eigenvalue weighted by atomic mass is 16.4. The molecule has 104 valence electrons. The Hall–Kier alpha value is -1.30. The number of likely N-dealkylation sites (N-methyl/N-ethyl adjacent to an activating group) is 1. The Balaban J connectivity index is 2.24. The monoisotopic (exact) mass is 257 g/mol. The molecule has 0 heterocycles. The lowest BCUT2D eigenvalue weighted by Crippen LogP contribution is -2.46. The third kappa shape index (κ3) is 5.35. The number of rotatable bonds is 5. The number of amides is 2. The number of nitrogens with one attached hydrogen (secondary N) is 2. The first kappa shape index (κ1) is 14.8. The molecule has 0 aromatic heterocycles. The Bertz CT molecular complexity index is 294. The second-order valence-corrected chi connectivity index (χ2v) is 5.10. The number of carboxylic acids is 1. The molecule has 2 unspecified atom stereocenters. The fraction of sp³-hybridized carbons (Fsp3) is 0.833. The molecule has 0 aromatic carbocycles. The van der Waals surface area contributed by atoms with Crippen molar-refractivity contribution in [2.75, 3.05) is 27.2 Å². The predicted octanol–water partition coefficient (Wildman–Crippen LogP) is 0.491. The summed E-state index contributed by atoms with van der Waals surface area (Å²) in [6.07, 6.45) is 2.98. The van der Waals surface area contributed by atoms with Crippen molar-refractivity contribution < 1.29 is 14.7 Å². The Morgan fingerprint density at radius 2 is 2.06 bits per heavy atom. The summed E-state index contributed by atoms with van der Waals surface area (Å²) in [5, 5.41) is 14.6. The molecule has 3 N–H and O–H groups in total. The molecule has 18 heavy (non-hydrogen) atoms. The van der Waals surface area contributed by atoms with Crippen LogP contribution in [0.25, 0.3) is 0 Å². The van der Waals surface area contributed by atoms with E-state index < -0.39 is 5.97 Å². The van der Waals surface area contributed by atoms with Crippen LogP contribution in [0.3, 0.4) is 0 Å². The van der Waals surface area contributed by atoms with Gasteiger partial charge in [-0.15, -0.1) is 0 Å². The van der Waals surface area contributed by atoms with Crippen LogP contribution >= 0.6 is 0 Å². The minimum atomic E-state index is -0.755. The summed E-state index contributed by atoms with van der Waals surface area (Å²) in [5.41, 5.74) is 0. The standard InChI is InChI=1S/C12H23N3O3/c1-15(2)7-6-13-12(18)14-10-5-3-4-9(8-10)11(16)17/h9-10H,3-8H2,1-2H3,(H,16,17)(H2,13,14,18). The van der Waals surface area contributed by atoms with E-state index in [2.05, 4.69) is 10.6 Å². The fourth-order valence-electron chi connectivity index (χ4n) is 2.17. The van der Waals surface area contributed by atoms with Gasteiger partial charge in [-0.1, -0.05) is 6.42 Å². The first-order valence-electron chi connectivity index (χ1n) is 6.41. The van der Waals surface area contributed by atoms with Gasteiger partial charge < -0.3 is 20.6 Å². The average Bonchev–Trinajstić information content (AvgIpc) is 2.28. The normalized spacial score (nSPS) is 23.7. The molecule has 1 aliphatic rings. The molecule has 0 aliphatic heterocycles. The summed E-state index contributed by atoms with van der Waals surface area (Å²) >= 11 is 0. The van der Waals surface area contributed by atoms with Crippen LogP contribution < -0.4 is 10.6 Å². The predicted molar refractivity (Wildman–Crippen MR) is 68.5 cm³/mol. The highest BCUT2D eigenvalue weighted by Gasteiger charge is 2.27. The minimum Gasteiger partial charge on any atom is -0.481 e. The molecule has 0 radical (unpaired) electrons. The van der Waals surface area contributed by atoms with Gasteiger partial charge in [-0.3, -0.25) is 4.79 Å². The number of nitrogens with zero attached hydrogens (tertiary/aromatic N) is 1. The van der Waals surface area contributed by atoms with E-state index in [0.717, 1.165) is 25.8 Å². The highest BCUT2D eigenvalue weighted by molar-refractivity contribution is 5.74. The van der Waals surface area contributed by atoms with Crippen LogP contribution in [0.4, 0.5) is 4.79 Å². The number of aliphatic carboxylic acids is 1. The zero-order valence-electron chi connectivity index (χ0n) is 11.1. The van der Waals surface area contributed by atoms with Crippen LogP contribution in [-0.4, -0.2) is 55.2 Å². The van der Waals surface area contributed by atoms with E-state index in [1.54, 1.807) is 0 Å². The van der Waals surface area contributed by atoms with Crippen molar-refractivity contribution >= 4 is 12.0 Å². The van der Waals surface area contributed by atoms with Gasteiger partial charge in [-0.05, 0) is 33.4 Å². The molecule has 2 atom stereocenters. The van der Waals surface area contributed by atoms with E-state index in [-0.39, 0.29) is 18.0 Å². The first-order valence-corrected chi connectivity index (χ1v) is 6.41. The van der Waals surface area contributed by atoms with Crippen molar-refractivity contribution in [1.82, 2.24) is 15.5 Å². The molecular formula is C12H23N3O3. The number of hydrogen-bond donors (Lipinski definition) is 3. The molecule has 2 amide bonds. The molecule has 0 aromatic rings. The third-order valence-corrected chi connectivity index (χ3v) is 3.20. The van der Waals surface area contributed by atoms with Gasteiger partial charge in [0.1, 0.15) is 0 Å². The number of hydrogen-bond acceptors (Lipinski definition) is 3. The minimum absolute atomic E-state index is 0.0146. The summed E-state index contributed by atoms with van der Waals surface area (Å²) < 4.78 is 0. The Labute approximate surface area is 108 Å². The lowest BCUT2D eigenvalue weighted by atomic mass is 9.86. The Morgan fingerprint density at radius 3 is 2.67 bits per heavy atom. The number of carboxylic acid groups (broad SMARTS) is 1. The van der Waals surface area contributed by atoms with Crippen molar-refractivity contribution in [3.63, 3.8) is 0 Å². The molecule has 1 saturated carbocycles. The molecule has 1 rings (SSSR count). The topological polar surface area (TPSA) is 81.7 Å². The quantitative estimate of drug-likeness (QED) is 0.669. The zero-order chi connectivity index (χ0) is 13.5. The van der Waals surface area contributed by atoms with E-state index >= 15 is 0 Å². The molecule has 6 heteroatoms. The van der Waals surface area contributed by atoms with Crippen molar-refractivity contribution in [1.29, 1.82) is 0 Å². The molecule has 0 bridgehead atoms. The van der Waals surface area contributed by atoms with Gasteiger partial charge in [0, 0.05) is 19.1 Å². The van der Waals surface area contributed by atoms with Gasteiger partial charge in [-0.25, -0.2) is 4.79 Å². The molecular weight excluding hydrogens is 234 g/mol. The van der Waals surface area contributed by atoms with Gasteiger partial charge in [0.2, 0.25) is 0 Å². The largest absolute Gasteiger partial charge is 0.481 e. The van der Waals surface area contributed by atoms with Crippen molar-refractivity contribution in [3.05, 3.63) is 0 Å². The summed E-state index contributed by atoms with van der Waals surface area (Å²) in [4.78, 5) is 24.5. The maximum Gasteiger partial charge on any atom is 0.315 e. The fourth-order valence-corrected chi connectivity index (χ4v) is 2.17. The second-order valence-electron chi connectivity index (χ2n) is 5.10. The van der Waals surface area contributed by atoms with Crippen molar-refractivity contribution in [2.24, 2.45) is 5.92 Å². The summed E-state index contributed by atoms with van der Waals surface area (Å²) in [6, 6.07) is -0.216. The molecule has 0 spiro atoms. The third-order valence-electron chi connectivity index (χ3n) is 3.20. The van der Waals surface area contributed by atoms with E-state index in [4.69, 9.17) is 5.11 Å². The van der Waals surface area contributed by atoms with Gasteiger partial charge >= 0.3 is 12.0 Å². The summed E-state index contributed by atoms with van der Waals surface area (Å²) in [7, 11) is 3.89. The SMILES string of the molecule is CN(C)CCNC(=O)NC1CCCC(C(=O)O)C1. The van der Waals surface area contributed by atoms with Crippen molar-refractivity contribution in [3.8, 4) is 0 Å². The van der Waals surface area contributed by atoms with E-state index in [1.807, 2.05) is 19.0 Å². The Morgan fingerprint density at radius 1 is 1.33 bits per heavy atom. The van der Waals surface area contributed by atoms with Crippen LogP contribution in [0.5, 0.6) is 0 Å². The van der Waals surface area contributed by atoms with Gasteiger partial charge in [0.05, 0.1) is 5.92 Å². The second kappa shape index (κ2) is 7.20. The average molecular weight is 257 g/mol. The van der Waals surface area contributed by atoms with E-state index in [0.29, 0.717) is 13.0 Å². The van der Waals surface area contributed by atoms with E-state index in [1.165, 1.54) is 0 Å². The maximum absolute atomic E-state index is 11.6. The van der Waals surface area contributed by atoms with Crippen LogP contribution in [0.15, 0.2) is 0 Å². The zero-order valence-corrected chi connectivity index (χ0v) is 11.1. The lowest BCUT2D eigenvalue weighted by molar-refractivity contribution is -0.143. The van der Waals surface area contributed by atoms with Crippen LogP contribution in [0, 0.1) is 5.92 Å². The number of carbonyl (C=O) groups is 2. The van der Waals surface area contributed by atoms with Gasteiger partial charge in [0.25, 0.3) is 0 Å². The molecule has 1 aliphatic carbocycles. The molecule has 0 saturated heterocycles. The Kier molecular flexibility index (Phi) is 5.91. The van der Waals surface area contributed by atoms with E-state index in [9.17, 15) is 9.59 Å². The first-order chi connectivity index (χ1) is 8.49. The van der Waals surface area contributed by atoms with Gasteiger partial charge in [-0.2, -0.15) is 0 Å². The van der Waals surface area contributed by atoms with Crippen molar-refractivity contribution in [2.45, 2.75) is 31.7 Å². The number of urea groups is 1. The maximum atomic E-state index is 11.6. The smallest absolute Gasteiger partial charge is 0.315 e. The highest BCUT2D eigenvalue weighted by Crippen LogP contribution is 2.24.